The highest BCUT2D eigenvalue weighted by atomic mass is 35.5. The fourth-order valence-corrected chi connectivity index (χ4v) is 1.42. The molecule has 1 rings (SSSR count). The lowest BCUT2D eigenvalue weighted by Crippen LogP contribution is -2.17. The van der Waals surface area contributed by atoms with Gasteiger partial charge in [0, 0.05) is 5.92 Å². The van der Waals surface area contributed by atoms with Crippen LogP contribution in [0, 0.1) is 5.92 Å². The van der Waals surface area contributed by atoms with E-state index in [4.69, 9.17) is 27.9 Å². The topological polar surface area (TPSA) is 12.5 Å². The minimum Gasteiger partial charge on any atom is -0.329 e. The van der Waals surface area contributed by atoms with E-state index >= 15 is 0 Å². The van der Waals surface area contributed by atoms with Crippen molar-refractivity contribution in [1.29, 1.82) is 0 Å². The molecular formula is C6H10Cl2O. The van der Waals surface area contributed by atoms with Crippen LogP contribution in [0.3, 0.4) is 0 Å². The molecule has 1 heterocycles. The van der Waals surface area contributed by atoms with Crippen molar-refractivity contribution in [3.05, 3.63) is 0 Å². The third-order valence-electron chi connectivity index (χ3n) is 1.65. The van der Waals surface area contributed by atoms with E-state index in [-0.39, 0.29) is 5.92 Å². The summed E-state index contributed by atoms with van der Waals surface area (Å²) < 4.78 is 5.08. The van der Waals surface area contributed by atoms with Crippen LogP contribution in [0.25, 0.3) is 0 Å². The largest absolute Gasteiger partial charge is 0.329 e. The third kappa shape index (κ3) is 0.957. The molecule has 54 valence electrons. The molecule has 0 aromatic carbocycles. The van der Waals surface area contributed by atoms with Gasteiger partial charge in [0.15, 0.2) is 10.1 Å². The summed E-state index contributed by atoms with van der Waals surface area (Å²) in [6.45, 7) is 5.75. The molecule has 0 N–H and O–H groups in total. The highest BCUT2D eigenvalue weighted by Gasteiger charge is 2.67. The van der Waals surface area contributed by atoms with Crippen LogP contribution in [0.1, 0.15) is 20.8 Å². The van der Waals surface area contributed by atoms with Crippen LogP contribution >= 0.6 is 23.2 Å². The third-order valence-corrected chi connectivity index (χ3v) is 2.98. The van der Waals surface area contributed by atoms with Gasteiger partial charge in [-0.25, -0.2) is 0 Å². The molecule has 9 heavy (non-hydrogen) atoms. The summed E-state index contributed by atoms with van der Waals surface area (Å²) in [5.74, 6) is 0.265. The maximum absolute atomic E-state index is 5.92. The first kappa shape index (κ1) is 7.64. The van der Waals surface area contributed by atoms with Gasteiger partial charge >= 0.3 is 0 Å². The van der Waals surface area contributed by atoms with E-state index in [1.165, 1.54) is 0 Å². The Kier molecular flexibility index (Phi) is 1.51. The molecule has 0 aliphatic carbocycles. The molecule has 1 nitrogen and oxygen atoms in total. The fraction of sp³-hybridized carbons (Fsp3) is 1.00. The molecule has 0 bridgehead atoms. The number of epoxide rings is 1. The van der Waals surface area contributed by atoms with Gasteiger partial charge in [0.05, 0.1) is 0 Å². The number of halogens is 2. The molecule has 0 amide bonds. The van der Waals surface area contributed by atoms with E-state index in [0.717, 1.165) is 0 Å². The van der Waals surface area contributed by atoms with E-state index in [1.54, 1.807) is 6.92 Å². The first-order valence-corrected chi connectivity index (χ1v) is 3.74. The molecule has 2 atom stereocenters. The van der Waals surface area contributed by atoms with Gasteiger partial charge in [0.1, 0.15) is 0 Å². The second-order valence-corrected chi connectivity index (χ2v) is 4.10. The lowest BCUT2D eigenvalue weighted by molar-refractivity contribution is 0.303. The predicted molar refractivity (Wildman–Crippen MR) is 38.8 cm³/mol. The smallest absolute Gasteiger partial charge is 0.188 e. The van der Waals surface area contributed by atoms with Crippen LogP contribution in [0.15, 0.2) is 0 Å². The van der Waals surface area contributed by atoms with Gasteiger partial charge in [-0.05, 0) is 6.92 Å². The Morgan fingerprint density at radius 1 is 1.33 bits per heavy atom. The molecule has 3 heteroatoms. The standard InChI is InChI=1S/C6H10Cl2O/c1-4(2)6(8)5(3,7)9-6/h4H,1-3H3/t5-,6-/m0/s1. The molecule has 1 saturated heterocycles. The van der Waals surface area contributed by atoms with Crippen LogP contribution in [0.2, 0.25) is 0 Å². The fourth-order valence-electron chi connectivity index (χ4n) is 0.887. The Morgan fingerprint density at radius 3 is 1.67 bits per heavy atom. The van der Waals surface area contributed by atoms with E-state index in [9.17, 15) is 0 Å². The average molecular weight is 169 g/mol. The summed E-state index contributed by atoms with van der Waals surface area (Å²) in [5.41, 5.74) is 0. The van der Waals surface area contributed by atoms with Crippen LogP contribution in [0.5, 0.6) is 0 Å². The van der Waals surface area contributed by atoms with Gasteiger partial charge in [-0.15, -0.1) is 0 Å². The second-order valence-electron chi connectivity index (χ2n) is 2.82. The molecule has 0 spiro atoms. The molecule has 1 aliphatic heterocycles. The summed E-state index contributed by atoms with van der Waals surface area (Å²) in [4.78, 5) is 0. The zero-order valence-corrected chi connectivity index (χ0v) is 7.25. The predicted octanol–water partition coefficient (Wildman–Crippen LogP) is 2.56. The summed E-state index contributed by atoms with van der Waals surface area (Å²) >= 11 is 11.7. The highest BCUT2D eigenvalue weighted by molar-refractivity contribution is 6.36. The molecule has 0 aromatic rings. The number of hydrogen-bond donors (Lipinski definition) is 0. The highest BCUT2D eigenvalue weighted by Crippen LogP contribution is 2.58. The SMILES string of the molecule is CC(C)[C@]1(Cl)O[C@]1(C)Cl. The summed E-state index contributed by atoms with van der Waals surface area (Å²) in [6.07, 6.45) is 0. The number of hydrogen-bond acceptors (Lipinski definition) is 1. The molecule has 1 fully saturated rings. The Bertz CT molecular complexity index is 133. The van der Waals surface area contributed by atoms with Crippen molar-refractivity contribution in [1.82, 2.24) is 0 Å². The molecule has 1 aliphatic rings. The lowest BCUT2D eigenvalue weighted by Gasteiger charge is -2.07. The summed E-state index contributed by atoms with van der Waals surface area (Å²) in [7, 11) is 0. The molecule has 0 unspecified atom stereocenters. The van der Waals surface area contributed by atoms with Crippen molar-refractivity contribution in [2.45, 2.75) is 30.9 Å². The van der Waals surface area contributed by atoms with Gasteiger partial charge in [0.25, 0.3) is 0 Å². The quantitative estimate of drug-likeness (QED) is 0.434. The van der Waals surface area contributed by atoms with Crippen molar-refractivity contribution in [3.63, 3.8) is 0 Å². The average Bonchev–Trinajstić information content (AvgIpc) is 2.08. The zero-order chi connectivity index (χ0) is 7.28. The maximum Gasteiger partial charge on any atom is 0.188 e. The van der Waals surface area contributed by atoms with Crippen LogP contribution in [0.4, 0.5) is 0 Å². The molecule has 0 radical (unpaired) electrons. The minimum atomic E-state index is -0.636. The lowest BCUT2D eigenvalue weighted by atomic mass is 10.1. The monoisotopic (exact) mass is 168 g/mol. The van der Waals surface area contributed by atoms with E-state index in [1.807, 2.05) is 13.8 Å². The second kappa shape index (κ2) is 1.77. The van der Waals surface area contributed by atoms with Gasteiger partial charge in [-0.3, -0.25) is 0 Å². The Labute approximate surface area is 65.3 Å². The number of rotatable bonds is 1. The van der Waals surface area contributed by atoms with Gasteiger partial charge in [-0.1, -0.05) is 37.0 Å². The molecule has 0 saturated carbocycles. The van der Waals surface area contributed by atoms with Crippen molar-refractivity contribution >= 4 is 23.2 Å². The van der Waals surface area contributed by atoms with E-state index in [2.05, 4.69) is 0 Å². The zero-order valence-electron chi connectivity index (χ0n) is 5.74. The molecular weight excluding hydrogens is 159 g/mol. The van der Waals surface area contributed by atoms with Crippen molar-refractivity contribution < 1.29 is 4.74 Å². The van der Waals surface area contributed by atoms with Crippen molar-refractivity contribution in [2.24, 2.45) is 5.92 Å². The van der Waals surface area contributed by atoms with Crippen LogP contribution in [-0.2, 0) is 4.74 Å². The Morgan fingerprint density at radius 2 is 1.67 bits per heavy atom. The number of alkyl halides is 2. The van der Waals surface area contributed by atoms with E-state index < -0.39 is 10.1 Å². The minimum absolute atomic E-state index is 0.265. The summed E-state index contributed by atoms with van der Waals surface area (Å²) in [5, 5.41) is -1.25. The Balaban J connectivity index is 2.63. The first-order valence-electron chi connectivity index (χ1n) is 2.98. The maximum atomic E-state index is 5.92. The Hall–Kier alpha value is 0.540. The van der Waals surface area contributed by atoms with E-state index in [0.29, 0.717) is 0 Å². The first-order chi connectivity index (χ1) is 3.90. The van der Waals surface area contributed by atoms with Crippen LogP contribution < -0.4 is 0 Å². The van der Waals surface area contributed by atoms with Crippen molar-refractivity contribution in [2.75, 3.05) is 0 Å². The van der Waals surface area contributed by atoms with Gasteiger partial charge in [0.2, 0.25) is 0 Å². The van der Waals surface area contributed by atoms with Crippen LogP contribution in [-0.4, -0.2) is 10.1 Å². The number of ether oxygens (including phenoxy) is 1. The van der Waals surface area contributed by atoms with Gasteiger partial charge < -0.3 is 4.74 Å². The van der Waals surface area contributed by atoms with Gasteiger partial charge in [-0.2, -0.15) is 0 Å². The normalized spacial score (nSPS) is 50.0. The summed E-state index contributed by atoms with van der Waals surface area (Å²) in [6, 6.07) is 0. The molecule has 0 aromatic heterocycles. The van der Waals surface area contributed by atoms with Crippen molar-refractivity contribution in [3.8, 4) is 0 Å².